The number of nitrogens with zero attached hydrogens (tertiary/aromatic N) is 2. The topological polar surface area (TPSA) is 117 Å². The molecule has 0 aromatic heterocycles. The highest BCUT2D eigenvalue weighted by atomic mass is 16.5. The average molecular weight is 1070 g/mol. The minimum atomic E-state index is -0.388. The molecule has 0 atom stereocenters. The summed E-state index contributed by atoms with van der Waals surface area (Å²) in [5, 5.41) is 6.71. The smallest absolute Gasteiger partial charge is 0.306 e. The van der Waals surface area contributed by atoms with E-state index in [0.717, 1.165) is 129 Å². The van der Waals surface area contributed by atoms with E-state index in [9.17, 15) is 19.2 Å². The van der Waals surface area contributed by atoms with Crippen molar-refractivity contribution in [2.75, 3.05) is 69.6 Å². The molecule has 1 heterocycles. The van der Waals surface area contributed by atoms with Crippen molar-refractivity contribution >= 4 is 23.3 Å². The first-order chi connectivity index (χ1) is 37.4. The van der Waals surface area contributed by atoms with Gasteiger partial charge in [0.05, 0.1) is 6.61 Å². The summed E-state index contributed by atoms with van der Waals surface area (Å²) in [4.78, 5) is 56.0. The third-order valence-electron chi connectivity index (χ3n) is 16.3. The van der Waals surface area contributed by atoms with Crippen LogP contribution in [0.5, 0.6) is 0 Å². The van der Waals surface area contributed by atoms with Crippen LogP contribution in [0, 0.1) is 0 Å². The summed E-state index contributed by atoms with van der Waals surface area (Å²) >= 11 is 0. The lowest BCUT2D eigenvalue weighted by molar-refractivity contribution is -0.150. The molecule has 0 saturated carbocycles. The number of hydrogen-bond acceptors (Lipinski definition) is 10. The maximum Gasteiger partial charge on any atom is 0.306 e. The Hall–Kier alpha value is -2.46. The summed E-state index contributed by atoms with van der Waals surface area (Å²) in [6, 6.07) is 0. The molecule has 0 bridgehead atoms. The highest BCUT2D eigenvalue weighted by Gasteiger charge is 2.21. The molecule has 1 aliphatic rings. The summed E-state index contributed by atoms with van der Waals surface area (Å²) in [6.07, 6.45) is 55.8. The van der Waals surface area contributed by atoms with E-state index in [-0.39, 0.29) is 28.9 Å². The molecule has 1 aromatic rings. The van der Waals surface area contributed by atoms with Crippen LogP contribution >= 0.6 is 0 Å². The molecular weight excluding hydrogens is 945 g/mol. The average Bonchev–Trinajstić information content (AvgIpc) is 3.44. The third kappa shape index (κ3) is 39.8. The minimum absolute atomic E-state index is 0.00236. The van der Waals surface area contributed by atoms with Crippen LogP contribution in [0.15, 0.2) is 9.59 Å². The maximum atomic E-state index is 13.0. The number of ether oxygens (including phenoxy) is 2. The van der Waals surface area contributed by atoms with Crippen molar-refractivity contribution in [1.29, 1.82) is 0 Å². The maximum absolute atomic E-state index is 13.0. The van der Waals surface area contributed by atoms with Gasteiger partial charge in [0.1, 0.15) is 17.5 Å². The van der Waals surface area contributed by atoms with E-state index in [1.54, 1.807) is 0 Å². The van der Waals surface area contributed by atoms with Crippen LogP contribution in [-0.4, -0.2) is 86.8 Å². The molecule has 1 fully saturated rings. The van der Waals surface area contributed by atoms with Crippen LogP contribution in [0.3, 0.4) is 0 Å². The van der Waals surface area contributed by atoms with Crippen LogP contribution < -0.4 is 21.5 Å². The molecule has 0 unspecified atom stereocenters. The standard InChI is InChI=1S/C66H124N4O6/c1-4-7-10-13-24-35-44-59-75-61(71)49-38-29-25-33-42-55-70(56-43-34-26-30-39-50-62(72)76-60(47-36-27-14-11-8-5-2)48-37-28-15-12-9-6-3)58-46-52-68-64-63(65(73)66(64)74)67-51-45-57-69-53-40-31-22-20-18-16-17-19-21-23-32-41-54-69/h60,67-68H,4-59H2,1-3H3. The normalized spacial score (nSPS) is 14.5. The highest BCUT2D eigenvalue weighted by molar-refractivity contribution is 5.74. The van der Waals surface area contributed by atoms with Crippen LogP contribution in [0.25, 0.3) is 0 Å². The second-order valence-corrected chi connectivity index (χ2v) is 23.5. The van der Waals surface area contributed by atoms with Gasteiger partial charge in [0, 0.05) is 25.9 Å². The van der Waals surface area contributed by atoms with Gasteiger partial charge in [-0.3, -0.25) is 19.2 Å². The lowest BCUT2D eigenvalue weighted by Gasteiger charge is -2.23. The fraction of sp³-hybridized carbons (Fsp3) is 0.909. The Balaban J connectivity index is 1.79. The Kier molecular flexibility index (Phi) is 47.6. The SMILES string of the molecule is CCCCCCCCCOC(=O)CCCCCCCN(CCCCCCCC(=O)OC(CCCCCCCC)CCCCCCCC)CCCNc1c(NCCCN2CCCCCCCCCCCCCC2)c(=O)c1=O. The number of hydrogen-bond donors (Lipinski definition) is 2. The minimum Gasteiger partial charge on any atom is -0.466 e. The zero-order valence-corrected chi connectivity index (χ0v) is 50.5. The summed E-state index contributed by atoms with van der Waals surface area (Å²) in [6.45, 7) is 15.1. The first-order valence-electron chi connectivity index (χ1n) is 33.5. The van der Waals surface area contributed by atoms with Gasteiger partial charge in [-0.25, -0.2) is 0 Å². The molecule has 2 rings (SSSR count). The lowest BCUT2D eigenvalue weighted by atomic mass is 10.0. The van der Waals surface area contributed by atoms with E-state index in [4.69, 9.17) is 9.47 Å². The molecule has 444 valence electrons. The molecule has 76 heavy (non-hydrogen) atoms. The van der Waals surface area contributed by atoms with E-state index < -0.39 is 0 Å². The van der Waals surface area contributed by atoms with Crippen molar-refractivity contribution in [2.45, 2.75) is 329 Å². The number of rotatable bonds is 49. The largest absolute Gasteiger partial charge is 0.466 e. The Morgan fingerprint density at radius 1 is 0.434 bits per heavy atom. The predicted octanol–water partition coefficient (Wildman–Crippen LogP) is 17.6. The molecule has 1 saturated heterocycles. The van der Waals surface area contributed by atoms with Crippen LogP contribution in [-0.2, 0) is 19.1 Å². The van der Waals surface area contributed by atoms with Gasteiger partial charge >= 0.3 is 11.9 Å². The first kappa shape index (κ1) is 69.6. The van der Waals surface area contributed by atoms with Crippen LogP contribution in [0.2, 0.25) is 0 Å². The van der Waals surface area contributed by atoms with Gasteiger partial charge in [-0.1, -0.05) is 226 Å². The molecule has 0 aliphatic carbocycles. The summed E-state index contributed by atoms with van der Waals surface area (Å²) in [7, 11) is 0. The molecule has 2 N–H and O–H groups in total. The number of carbonyl (C=O) groups is 2. The van der Waals surface area contributed by atoms with Crippen molar-refractivity contribution < 1.29 is 19.1 Å². The number of anilines is 2. The van der Waals surface area contributed by atoms with Crippen molar-refractivity contribution in [2.24, 2.45) is 0 Å². The molecule has 0 amide bonds. The number of esters is 2. The van der Waals surface area contributed by atoms with E-state index >= 15 is 0 Å². The Bertz CT molecular complexity index is 1500. The van der Waals surface area contributed by atoms with E-state index in [2.05, 4.69) is 41.2 Å². The second kappa shape index (κ2) is 51.9. The van der Waals surface area contributed by atoms with Crippen molar-refractivity contribution in [1.82, 2.24) is 9.80 Å². The summed E-state index contributed by atoms with van der Waals surface area (Å²) in [5.41, 5.74) is 0.185. The zero-order valence-electron chi connectivity index (χ0n) is 50.5. The van der Waals surface area contributed by atoms with Gasteiger partial charge in [0.2, 0.25) is 0 Å². The fourth-order valence-electron chi connectivity index (χ4n) is 11.3. The van der Waals surface area contributed by atoms with Gasteiger partial charge in [0.15, 0.2) is 0 Å². The first-order valence-corrected chi connectivity index (χ1v) is 33.5. The predicted molar refractivity (Wildman–Crippen MR) is 326 cm³/mol. The Labute approximate surface area is 469 Å². The molecule has 1 aromatic carbocycles. The van der Waals surface area contributed by atoms with Crippen LogP contribution in [0.1, 0.15) is 323 Å². The second-order valence-electron chi connectivity index (χ2n) is 23.5. The van der Waals surface area contributed by atoms with E-state index in [1.165, 1.54) is 199 Å². The quantitative estimate of drug-likeness (QED) is 0.0371. The van der Waals surface area contributed by atoms with Gasteiger partial charge in [-0.15, -0.1) is 0 Å². The number of carbonyl (C=O) groups excluding carboxylic acids is 2. The monoisotopic (exact) mass is 1070 g/mol. The molecule has 0 radical (unpaired) electrons. The molecule has 10 nitrogen and oxygen atoms in total. The van der Waals surface area contributed by atoms with E-state index in [1.807, 2.05) is 0 Å². The fourth-order valence-corrected chi connectivity index (χ4v) is 11.3. The van der Waals surface area contributed by atoms with Crippen molar-refractivity contribution in [3.05, 3.63) is 20.4 Å². The lowest BCUT2D eigenvalue weighted by Crippen LogP contribution is -2.38. The molecule has 1 aliphatic heterocycles. The molecule has 0 spiro atoms. The van der Waals surface area contributed by atoms with E-state index in [0.29, 0.717) is 43.9 Å². The number of unbranched alkanes of at least 4 members (excludes halogenated alkanes) is 24. The van der Waals surface area contributed by atoms with Gasteiger partial charge < -0.3 is 29.9 Å². The van der Waals surface area contributed by atoms with Crippen LogP contribution in [0.4, 0.5) is 11.4 Å². The molecule has 10 heteroatoms. The number of nitrogens with one attached hydrogen (secondary N) is 2. The summed E-state index contributed by atoms with van der Waals surface area (Å²) < 4.78 is 11.6. The zero-order chi connectivity index (χ0) is 54.6. The van der Waals surface area contributed by atoms with Crippen molar-refractivity contribution in [3.63, 3.8) is 0 Å². The van der Waals surface area contributed by atoms with Gasteiger partial charge in [-0.2, -0.15) is 0 Å². The highest BCUT2D eigenvalue weighted by Crippen LogP contribution is 2.20. The summed E-state index contributed by atoms with van der Waals surface area (Å²) in [5.74, 6) is -0.0402. The Morgan fingerprint density at radius 3 is 1.28 bits per heavy atom. The molecular formula is C66H124N4O6. The van der Waals surface area contributed by atoms with Gasteiger partial charge in [-0.05, 0) is 123 Å². The van der Waals surface area contributed by atoms with Gasteiger partial charge in [0.25, 0.3) is 10.9 Å². The van der Waals surface area contributed by atoms with Crippen molar-refractivity contribution in [3.8, 4) is 0 Å². The Morgan fingerprint density at radius 2 is 0.803 bits per heavy atom. The third-order valence-corrected chi connectivity index (χ3v) is 16.3.